The zero-order chi connectivity index (χ0) is 27.5. The number of benzene rings is 1. The van der Waals surface area contributed by atoms with Gasteiger partial charge in [-0.15, -0.1) is 0 Å². The van der Waals surface area contributed by atoms with Crippen molar-refractivity contribution >= 4 is 11.8 Å². The lowest BCUT2D eigenvalue weighted by Gasteiger charge is -2.34. The molecular formula is C28H22N6O6. The lowest BCUT2D eigenvalue weighted by Crippen LogP contribution is -2.46. The molecule has 12 heteroatoms. The Labute approximate surface area is 228 Å². The highest BCUT2D eigenvalue weighted by molar-refractivity contribution is 5.59. The molecule has 40 heavy (non-hydrogen) atoms. The first-order chi connectivity index (χ1) is 19.6. The first-order valence-corrected chi connectivity index (χ1v) is 12.4. The number of nitrogens with zero attached hydrogens (tertiary/aromatic N) is 6. The van der Waals surface area contributed by atoms with E-state index in [1.54, 1.807) is 31.4 Å². The van der Waals surface area contributed by atoms with Crippen molar-refractivity contribution < 1.29 is 27.1 Å². The Hall–Kier alpha value is -5.62. The number of nitriles is 2. The van der Waals surface area contributed by atoms with E-state index >= 15 is 0 Å². The summed E-state index contributed by atoms with van der Waals surface area (Å²) in [5, 5.41) is 19.3. The molecule has 1 saturated heterocycles. The first kappa shape index (κ1) is 24.7. The van der Waals surface area contributed by atoms with Crippen LogP contribution in [0.4, 0.5) is 11.8 Å². The standard InChI is InChI=1S/C28H22N6O6/c1-35-18-4-6-19(7-5-18)37-17-20-8-9-24(38-20)26-32-22(16-30)28(40-26)34-12-10-33(11-13-34)27-21(15-29)31-25(39-27)23-3-2-14-36-23/h2-9,14H,10-13,17H2,1H3. The van der Waals surface area contributed by atoms with Crippen LogP contribution >= 0.6 is 0 Å². The minimum Gasteiger partial charge on any atom is -0.497 e. The largest absolute Gasteiger partial charge is 0.497 e. The highest BCUT2D eigenvalue weighted by Crippen LogP contribution is 2.33. The van der Waals surface area contributed by atoms with Gasteiger partial charge >= 0.3 is 0 Å². The van der Waals surface area contributed by atoms with Gasteiger partial charge in [-0.3, -0.25) is 0 Å². The molecule has 5 heterocycles. The number of rotatable bonds is 8. The fourth-order valence-electron chi connectivity index (χ4n) is 4.32. The van der Waals surface area contributed by atoms with E-state index in [1.165, 1.54) is 6.26 Å². The maximum absolute atomic E-state index is 9.72. The zero-order valence-electron chi connectivity index (χ0n) is 21.4. The molecule has 0 spiro atoms. The highest BCUT2D eigenvalue weighted by atomic mass is 16.5. The van der Waals surface area contributed by atoms with Gasteiger partial charge in [-0.05, 0) is 48.5 Å². The normalized spacial score (nSPS) is 13.2. The summed E-state index contributed by atoms with van der Waals surface area (Å²) in [7, 11) is 1.61. The third-order valence-electron chi connectivity index (χ3n) is 6.33. The number of hydrogen-bond acceptors (Lipinski definition) is 12. The summed E-state index contributed by atoms with van der Waals surface area (Å²) in [6.07, 6.45) is 1.52. The summed E-state index contributed by atoms with van der Waals surface area (Å²) in [6, 6.07) is 18.4. The Morgan fingerprint density at radius 1 is 0.775 bits per heavy atom. The van der Waals surface area contributed by atoms with Gasteiger partial charge in [-0.25, -0.2) is 0 Å². The maximum atomic E-state index is 9.72. The molecule has 0 amide bonds. The fourth-order valence-corrected chi connectivity index (χ4v) is 4.32. The molecule has 200 valence electrons. The number of hydrogen-bond donors (Lipinski definition) is 0. The molecule has 1 aliphatic heterocycles. The fraction of sp³-hybridized carbons (Fsp3) is 0.214. The van der Waals surface area contributed by atoms with Crippen LogP contribution in [0.2, 0.25) is 0 Å². The predicted molar refractivity (Wildman–Crippen MR) is 140 cm³/mol. The number of oxazole rings is 2. The van der Waals surface area contributed by atoms with Crippen molar-refractivity contribution in [3.8, 4) is 46.9 Å². The van der Waals surface area contributed by atoms with Crippen molar-refractivity contribution in [1.29, 1.82) is 10.5 Å². The van der Waals surface area contributed by atoms with E-state index in [1.807, 2.05) is 34.1 Å². The van der Waals surface area contributed by atoms with Gasteiger partial charge in [0.1, 0.15) is 36.0 Å². The molecule has 0 radical (unpaired) electrons. The highest BCUT2D eigenvalue weighted by Gasteiger charge is 2.29. The van der Waals surface area contributed by atoms with Crippen molar-refractivity contribution in [2.45, 2.75) is 6.61 Å². The van der Waals surface area contributed by atoms with E-state index in [4.69, 9.17) is 27.1 Å². The van der Waals surface area contributed by atoms with Crippen LogP contribution in [0.25, 0.3) is 23.3 Å². The summed E-state index contributed by atoms with van der Waals surface area (Å²) in [6.45, 7) is 2.24. The smallest absolute Gasteiger partial charge is 0.266 e. The molecule has 12 nitrogen and oxygen atoms in total. The maximum Gasteiger partial charge on any atom is 0.266 e. The van der Waals surface area contributed by atoms with Gasteiger partial charge in [-0.2, -0.15) is 20.5 Å². The summed E-state index contributed by atoms with van der Waals surface area (Å²) < 4.78 is 34.0. The SMILES string of the molecule is COc1ccc(OCc2ccc(-c3nc(C#N)c(N4CCN(c5oc(-c6ccco6)nc5C#N)CC4)o3)o2)cc1. The van der Waals surface area contributed by atoms with Crippen LogP contribution in [0, 0.1) is 22.7 Å². The Kier molecular flexibility index (Phi) is 6.56. The lowest BCUT2D eigenvalue weighted by molar-refractivity contribution is 0.270. The number of furan rings is 2. The first-order valence-electron chi connectivity index (χ1n) is 12.4. The van der Waals surface area contributed by atoms with Crippen molar-refractivity contribution in [3.63, 3.8) is 0 Å². The molecule has 5 aromatic rings. The molecule has 0 atom stereocenters. The molecule has 0 saturated carbocycles. The Morgan fingerprint density at radius 2 is 1.38 bits per heavy atom. The second kappa shape index (κ2) is 10.6. The topological polar surface area (TPSA) is 151 Å². The van der Waals surface area contributed by atoms with Gasteiger partial charge < -0.3 is 36.9 Å². The van der Waals surface area contributed by atoms with Gasteiger partial charge in [0.15, 0.2) is 11.5 Å². The van der Waals surface area contributed by atoms with Crippen molar-refractivity contribution in [3.05, 3.63) is 71.9 Å². The van der Waals surface area contributed by atoms with E-state index < -0.39 is 0 Å². The van der Waals surface area contributed by atoms with E-state index in [0.29, 0.717) is 61.0 Å². The third-order valence-corrected chi connectivity index (χ3v) is 6.33. The van der Waals surface area contributed by atoms with Gasteiger partial charge in [0.2, 0.25) is 23.2 Å². The van der Waals surface area contributed by atoms with Gasteiger partial charge in [0, 0.05) is 26.2 Å². The quantitative estimate of drug-likeness (QED) is 0.266. The molecule has 1 aliphatic rings. The predicted octanol–water partition coefficient (Wildman–Crippen LogP) is 4.84. The van der Waals surface area contributed by atoms with Crippen molar-refractivity contribution in [2.24, 2.45) is 0 Å². The summed E-state index contributed by atoms with van der Waals surface area (Å²) in [5.74, 6) is 4.02. The Morgan fingerprint density at radius 3 is 1.93 bits per heavy atom. The van der Waals surface area contributed by atoms with Crippen LogP contribution in [0.5, 0.6) is 11.5 Å². The van der Waals surface area contributed by atoms with Crippen LogP contribution < -0.4 is 19.3 Å². The molecule has 0 bridgehead atoms. The van der Waals surface area contributed by atoms with Crippen molar-refractivity contribution in [1.82, 2.24) is 9.97 Å². The van der Waals surface area contributed by atoms with Crippen LogP contribution in [0.3, 0.4) is 0 Å². The Balaban J connectivity index is 1.12. The van der Waals surface area contributed by atoms with E-state index in [0.717, 1.165) is 5.75 Å². The van der Waals surface area contributed by atoms with Gasteiger partial charge in [0.25, 0.3) is 11.8 Å². The Bertz CT molecular complexity index is 1680. The summed E-state index contributed by atoms with van der Waals surface area (Å²) >= 11 is 0. The second-order valence-electron chi connectivity index (χ2n) is 8.75. The monoisotopic (exact) mass is 538 g/mol. The minimum atomic E-state index is 0.161. The molecule has 4 aromatic heterocycles. The molecule has 1 fully saturated rings. The van der Waals surface area contributed by atoms with Crippen LogP contribution in [0.1, 0.15) is 17.1 Å². The lowest BCUT2D eigenvalue weighted by atomic mass is 10.3. The molecule has 6 rings (SSSR count). The average molecular weight is 539 g/mol. The second-order valence-corrected chi connectivity index (χ2v) is 8.75. The molecule has 1 aromatic carbocycles. The number of piperazine rings is 1. The number of methoxy groups -OCH3 is 1. The molecule has 0 aliphatic carbocycles. The van der Waals surface area contributed by atoms with E-state index in [2.05, 4.69) is 22.1 Å². The van der Waals surface area contributed by atoms with Crippen LogP contribution in [-0.2, 0) is 6.61 Å². The summed E-state index contributed by atoms with van der Waals surface area (Å²) in [5.41, 5.74) is 0.345. The van der Waals surface area contributed by atoms with Crippen molar-refractivity contribution in [2.75, 3.05) is 43.1 Å². The average Bonchev–Trinajstić information content (AvgIpc) is 3.82. The van der Waals surface area contributed by atoms with Gasteiger partial charge in [0.05, 0.1) is 13.4 Å². The summed E-state index contributed by atoms with van der Waals surface area (Å²) in [4.78, 5) is 12.5. The minimum absolute atomic E-state index is 0.161. The van der Waals surface area contributed by atoms with Crippen LogP contribution in [-0.4, -0.2) is 43.3 Å². The van der Waals surface area contributed by atoms with E-state index in [9.17, 15) is 10.5 Å². The van der Waals surface area contributed by atoms with E-state index in [-0.39, 0.29) is 29.8 Å². The number of anilines is 2. The zero-order valence-corrected chi connectivity index (χ0v) is 21.4. The molecule has 0 unspecified atom stereocenters. The van der Waals surface area contributed by atoms with Gasteiger partial charge in [-0.1, -0.05) is 0 Å². The van der Waals surface area contributed by atoms with Crippen LogP contribution in [0.15, 0.2) is 72.5 Å². The molecule has 0 N–H and O–H groups in total. The number of ether oxygens (including phenoxy) is 2. The number of aromatic nitrogens is 2. The third kappa shape index (κ3) is 4.81. The molecular weight excluding hydrogens is 516 g/mol.